The largest absolute Gasteiger partial charge is 0.500 e. The number of carbonyl (C=O) groups is 1. The van der Waals surface area contributed by atoms with E-state index in [2.05, 4.69) is 5.32 Å². The molecule has 102 valence electrons. The average Bonchev–Trinajstić information content (AvgIpc) is 2.29. The molecule has 0 aromatic carbocycles. The van der Waals surface area contributed by atoms with Crippen molar-refractivity contribution in [2.24, 2.45) is 0 Å². The fourth-order valence-corrected chi connectivity index (χ4v) is 3.00. The van der Waals surface area contributed by atoms with E-state index in [1.807, 2.05) is 0 Å². The van der Waals surface area contributed by atoms with Gasteiger partial charge >= 0.3 is 8.80 Å². The van der Waals surface area contributed by atoms with Gasteiger partial charge in [-0.25, -0.2) is 0 Å². The normalized spacial score (nSPS) is 12.6. The van der Waals surface area contributed by atoms with Crippen molar-refractivity contribution in [3.63, 3.8) is 0 Å². The summed E-state index contributed by atoms with van der Waals surface area (Å²) in [6.07, 6.45) is 0.670. The number of nitrogens with one attached hydrogen (secondary N) is 1. The van der Waals surface area contributed by atoms with Crippen LogP contribution in [-0.4, -0.2) is 53.3 Å². The smallest absolute Gasteiger partial charge is 0.381 e. The van der Waals surface area contributed by atoms with Gasteiger partial charge in [-0.2, -0.15) is 0 Å². The topological polar surface area (TPSA) is 77.0 Å². The molecule has 0 atom stereocenters. The van der Waals surface area contributed by atoms with Gasteiger partial charge < -0.3 is 23.7 Å². The van der Waals surface area contributed by atoms with Crippen LogP contribution in [0.2, 0.25) is 6.04 Å². The molecule has 7 heteroatoms. The van der Waals surface area contributed by atoms with Crippen LogP contribution in [0.25, 0.3) is 0 Å². The van der Waals surface area contributed by atoms with Crippen LogP contribution in [0.5, 0.6) is 0 Å². The summed E-state index contributed by atoms with van der Waals surface area (Å²) in [4.78, 5) is 11.4. The summed E-state index contributed by atoms with van der Waals surface area (Å²) in [5.74, 6) is -0.392. The Balaban J connectivity index is 3.96. The number of amides is 1. The van der Waals surface area contributed by atoms with Crippen LogP contribution in [0, 0.1) is 0 Å². The lowest BCUT2D eigenvalue weighted by atomic mass is 10.1. The first kappa shape index (κ1) is 16.5. The van der Waals surface area contributed by atoms with Gasteiger partial charge in [0.25, 0.3) is 5.91 Å². The molecule has 0 saturated carbocycles. The summed E-state index contributed by atoms with van der Waals surface area (Å²) in [6, 6.07) is 0.614. The summed E-state index contributed by atoms with van der Waals surface area (Å²) in [6.45, 7) is 3.34. The molecule has 0 unspecified atom stereocenters. The highest BCUT2D eigenvalue weighted by Crippen LogP contribution is 2.14. The molecule has 0 spiro atoms. The second kappa shape index (κ2) is 7.07. The predicted octanol–water partition coefficient (Wildman–Crippen LogP) is 0.142. The number of hydrogen-bond donors (Lipinski definition) is 2. The Kier molecular flexibility index (Phi) is 6.87. The molecule has 0 aliphatic rings. The summed E-state index contributed by atoms with van der Waals surface area (Å²) in [5.41, 5.74) is -1.35. The van der Waals surface area contributed by atoms with Gasteiger partial charge in [0, 0.05) is 33.9 Å². The Morgan fingerprint density at radius 2 is 1.71 bits per heavy atom. The molecule has 0 fully saturated rings. The Labute approximate surface area is 104 Å². The van der Waals surface area contributed by atoms with Gasteiger partial charge in [-0.1, -0.05) is 0 Å². The highest BCUT2D eigenvalue weighted by atomic mass is 28.4. The molecular formula is C10H23NO5Si. The molecule has 1 amide bonds. The van der Waals surface area contributed by atoms with Gasteiger partial charge in [0.2, 0.25) is 0 Å². The minimum Gasteiger partial charge on any atom is -0.381 e. The Morgan fingerprint density at radius 3 is 2.06 bits per heavy atom. The molecule has 2 N–H and O–H groups in total. The molecule has 0 aromatic rings. The number of carbonyl (C=O) groups excluding carboxylic acids is 1. The molecule has 0 aliphatic heterocycles. The number of hydrogen-bond acceptors (Lipinski definition) is 5. The van der Waals surface area contributed by atoms with Crippen molar-refractivity contribution in [3.05, 3.63) is 0 Å². The van der Waals surface area contributed by atoms with Gasteiger partial charge in [0.15, 0.2) is 0 Å². The Bertz CT molecular complexity index is 229. The third kappa shape index (κ3) is 5.60. The third-order valence-electron chi connectivity index (χ3n) is 2.43. The summed E-state index contributed by atoms with van der Waals surface area (Å²) in [7, 11) is 2.10. The van der Waals surface area contributed by atoms with Crippen LogP contribution >= 0.6 is 0 Å². The number of rotatable bonds is 8. The lowest BCUT2D eigenvalue weighted by Crippen LogP contribution is -2.45. The maximum absolute atomic E-state index is 11.4. The van der Waals surface area contributed by atoms with Crippen molar-refractivity contribution in [1.82, 2.24) is 5.32 Å². The van der Waals surface area contributed by atoms with E-state index >= 15 is 0 Å². The van der Waals surface area contributed by atoms with Crippen LogP contribution < -0.4 is 5.32 Å². The van der Waals surface area contributed by atoms with Crippen LogP contribution in [0.3, 0.4) is 0 Å². The van der Waals surface area contributed by atoms with Crippen LogP contribution in [0.15, 0.2) is 0 Å². The first-order valence-electron chi connectivity index (χ1n) is 5.47. The fraction of sp³-hybridized carbons (Fsp3) is 0.900. The van der Waals surface area contributed by atoms with Gasteiger partial charge in [-0.3, -0.25) is 4.79 Å². The van der Waals surface area contributed by atoms with Crippen LogP contribution in [0.4, 0.5) is 0 Å². The summed E-state index contributed by atoms with van der Waals surface area (Å²) in [5, 5.41) is 12.0. The van der Waals surface area contributed by atoms with Crippen molar-refractivity contribution < 1.29 is 23.2 Å². The quantitative estimate of drug-likeness (QED) is 0.482. The monoisotopic (exact) mass is 265 g/mol. The maximum Gasteiger partial charge on any atom is 0.500 e. The van der Waals surface area contributed by atoms with E-state index in [1.165, 1.54) is 13.8 Å². The van der Waals surface area contributed by atoms with E-state index < -0.39 is 20.3 Å². The molecule has 0 radical (unpaired) electrons. The fourth-order valence-electron chi connectivity index (χ4n) is 1.28. The van der Waals surface area contributed by atoms with Crippen molar-refractivity contribution in [3.8, 4) is 0 Å². The summed E-state index contributed by atoms with van der Waals surface area (Å²) < 4.78 is 15.7. The predicted molar refractivity (Wildman–Crippen MR) is 65.5 cm³/mol. The maximum atomic E-state index is 11.4. The van der Waals surface area contributed by atoms with Crippen molar-refractivity contribution >= 4 is 14.7 Å². The lowest BCUT2D eigenvalue weighted by molar-refractivity contribution is -0.136. The van der Waals surface area contributed by atoms with E-state index in [-0.39, 0.29) is 0 Å². The molecule has 0 aromatic heterocycles. The van der Waals surface area contributed by atoms with Crippen LogP contribution in [-0.2, 0) is 18.1 Å². The van der Waals surface area contributed by atoms with Crippen molar-refractivity contribution in [2.75, 3.05) is 27.9 Å². The van der Waals surface area contributed by atoms with E-state index in [1.54, 1.807) is 21.3 Å². The number of aliphatic hydroxyl groups is 1. The minimum atomic E-state index is -2.55. The van der Waals surface area contributed by atoms with E-state index in [4.69, 9.17) is 13.3 Å². The SMILES string of the molecule is CO[Si](CCCNC(=O)C(C)(C)O)(OC)OC. The molecule has 0 saturated heterocycles. The molecule has 0 rings (SSSR count). The van der Waals surface area contributed by atoms with E-state index in [0.717, 1.165) is 0 Å². The van der Waals surface area contributed by atoms with E-state index in [0.29, 0.717) is 19.0 Å². The average molecular weight is 265 g/mol. The highest BCUT2D eigenvalue weighted by Gasteiger charge is 2.37. The van der Waals surface area contributed by atoms with Gasteiger partial charge in [0.05, 0.1) is 0 Å². The molecular weight excluding hydrogens is 242 g/mol. The van der Waals surface area contributed by atoms with Gasteiger partial charge in [-0.15, -0.1) is 0 Å². The highest BCUT2D eigenvalue weighted by molar-refractivity contribution is 6.60. The van der Waals surface area contributed by atoms with E-state index in [9.17, 15) is 9.90 Å². The molecule has 0 aliphatic carbocycles. The Morgan fingerprint density at radius 1 is 1.24 bits per heavy atom. The molecule has 0 bridgehead atoms. The van der Waals surface area contributed by atoms with Gasteiger partial charge in [-0.05, 0) is 20.3 Å². The standard InChI is InChI=1S/C10H23NO5Si/c1-10(2,13)9(12)11-7-6-8-17(14-3,15-4)16-5/h13H,6-8H2,1-5H3,(H,11,12). The lowest BCUT2D eigenvalue weighted by Gasteiger charge is -2.24. The van der Waals surface area contributed by atoms with Crippen molar-refractivity contribution in [1.29, 1.82) is 0 Å². The zero-order valence-corrected chi connectivity index (χ0v) is 12.2. The van der Waals surface area contributed by atoms with Crippen LogP contribution in [0.1, 0.15) is 20.3 Å². The summed E-state index contributed by atoms with van der Waals surface area (Å²) >= 11 is 0. The zero-order chi connectivity index (χ0) is 13.5. The third-order valence-corrected chi connectivity index (χ3v) is 5.27. The van der Waals surface area contributed by atoms with Crippen molar-refractivity contribution in [2.45, 2.75) is 31.9 Å². The molecule has 17 heavy (non-hydrogen) atoms. The second-order valence-corrected chi connectivity index (χ2v) is 7.30. The first-order valence-corrected chi connectivity index (χ1v) is 7.40. The molecule has 0 heterocycles. The first-order chi connectivity index (χ1) is 7.81. The second-order valence-electron chi connectivity index (χ2n) is 4.21. The minimum absolute atomic E-state index is 0.392. The zero-order valence-electron chi connectivity index (χ0n) is 11.2. The molecule has 6 nitrogen and oxygen atoms in total. The van der Waals surface area contributed by atoms with Gasteiger partial charge in [0.1, 0.15) is 5.60 Å². The Hall–Kier alpha value is -0.473.